The molecule has 6 heteroatoms. The number of aromatic amines is 1. The number of hydrogen-bond donors (Lipinski definition) is 2. The standard InChI is InChI=1S/C10H12N6/c1-6-7-4-11-3-2-8(7)15-10(14-6)9-12-5-13-16-9/h5,11H,2-4H2,1H3,(H,12,13,16). The smallest absolute Gasteiger partial charge is 0.197 e. The van der Waals surface area contributed by atoms with Gasteiger partial charge in [0.2, 0.25) is 0 Å². The predicted octanol–water partition coefficient (Wildman–Crippen LogP) is 0.216. The first-order valence-electron chi connectivity index (χ1n) is 5.27. The summed E-state index contributed by atoms with van der Waals surface area (Å²) in [6.07, 6.45) is 2.41. The highest BCUT2D eigenvalue weighted by molar-refractivity contribution is 5.44. The quantitative estimate of drug-likeness (QED) is 0.712. The van der Waals surface area contributed by atoms with Gasteiger partial charge in [0.15, 0.2) is 11.6 Å². The second kappa shape index (κ2) is 3.64. The fraction of sp³-hybridized carbons (Fsp3) is 0.400. The van der Waals surface area contributed by atoms with Crippen LogP contribution in [0.3, 0.4) is 0 Å². The molecule has 0 saturated carbocycles. The Morgan fingerprint density at radius 2 is 2.25 bits per heavy atom. The Bertz CT molecular complexity index is 504. The van der Waals surface area contributed by atoms with Gasteiger partial charge in [0.1, 0.15) is 6.33 Å². The van der Waals surface area contributed by atoms with Crippen molar-refractivity contribution in [3.05, 3.63) is 23.3 Å². The van der Waals surface area contributed by atoms with Crippen LogP contribution in [0, 0.1) is 6.92 Å². The number of aromatic nitrogens is 5. The van der Waals surface area contributed by atoms with E-state index in [0.717, 1.165) is 30.9 Å². The normalized spacial score (nSPS) is 14.8. The molecule has 0 unspecified atom stereocenters. The molecule has 0 aromatic carbocycles. The molecule has 82 valence electrons. The highest BCUT2D eigenvalue weighted by atomic mass is 15.2. The minimum absolute atomic E-state index is 0.629. The SMILES string of the molecule is Cc1nc(-c2ncn[nH]2)nc2c1CNCC2. The zero-order valence-corrected chi connectivity index (χ0v) is 8.99. The number of nitrogens with one attached hydrogen (secondary N) is 2. The Hall–Kier alpha value is -1.82. The number of nitrogens with zero attached hydrogens (tertiary/aromatic N) is 4. The van der Waals surface area contributed by atoms with E-state index in [4.69, 9.17) is 0 Å². The lowest BCUT2D eigenvalue weighted by Crippen LogP contribution is -2.26. The van der Waals surface area contributed by atoms with Gasteiger partial charge in [0.25, 0.3) is 0 Å². The van der Waals surface area contributed by atoms with Crippen molar-refractivity contribution in [3.63, 3.8) is 0 Å². The molecule has 16 heavy (non-hydrogen) atoms. The number of rotatable bonds is 1. The largest absolute Gasteiger partial charge is 0.312 e. The molecule has 0 amide bonds. The van der Waals surface area contributed by atoms with E-state index in [1.165, 1.54) is 11.9 Å². The molecule has 0 saturated heterocycles. The van der Waals surface area contributed by atoms with Gasteiger partial charge in [-0.2, -0.15) is 5.10 Å². The number of fused-ring (bicyclic) bond motifs is 1. The molecule has 0 atom stereocenters. The molecule has 0 aliphatic carbocycles. The number of hydrogen-bond acceptors (Lipinski definition) is 5. The van der Waals surface area contributed by atoms with E-state index in [9.17, 15) is 0 Å². The van der Waals surface area contributed by atoms with Crippen molar-refractivity contribution in [1.29, 1.82) is 0 Å². The maximum atomic E-state index is 4.53. The maximum absolute atomic E-state index is 4.53. The summed E-state index contributed by atoms with van der Waals surface area (Å²) >= 11 is 0. The van der Waals surface area contributed by atoms with Gasteiger partial charge in [-0.25, -0.2) is 15.0 Å². The fourth-order valence-electron chi connectivity index (χ4n) is 1.93. The van der Waals surface area contributed by atoms with Crippen molar-refractivity contribution in [3.8, 4) is 11.6 Å². The topological polar surface area (TPSA) is 79.4 Å². The first-order chi connectivity index (χ1) is 7.84. The Labute approximate surface area is 92.5 Å². The summed E-state index contributed by atoms with van der Waals surface area (Å²) in [4.78, 5) is 13.0. The molecular weight excluding hydrogens is 204 g/mol. The summed E-state index contributed by atoms with van der Waals surface area (Å²) < 4.78 is 0. The van der Waals surface area contributed by atoms with Crippen LogP contribution in [-0.4, -0.2) is 31.7 Å². The second-order valence-electron chi connectivity index (χ2n) is 3.82. The van der Waals surface area contributed by atoms with Gasteiger partial charge < -0.3 is 5.32 Å². The highest BCUT2D eigenvalue weighted by Gasteiger charge is 2.16. The summed E-state index contributed by atoms with van der Waals surface area (Å²) in [5.74, 6) is 1.26. The molecule has 0 fully saturated rings. The Balaban J connectivity index is 2.12. The average molecular weight is 216 g/mol. The highest BCUT2D eigenvalue weighted by Crippen LogP contribution is 2.18. The van der Waals surface area contributed by atoms with Crippen LogP contribution >= 0.6 is 0 Å². The van der Waals surface area contributed by atoms with E-state index in [1.807, 2.05) is 6.92 Å². The van der Waals surface area contributed by atoms with Crippen LogP contribution in [0.2, 0.25) is 0 Å². The summed E-state index contributed by atoms with van der Waals surface area (Å²) in [6, 6.07) is 0. The lowest BCUT2D eigenvalue weighted by molar-refractivity contribution is 0.621. The minimum Gasteiger partial charge on any atom is -0.312 e. The van der Waals surface area contributed by atoms with Crippen LogP contribution < -0.4 is 5.32 Å². The molecule has 2 aromatic rings. The molecular formula is C10H12N6. The van der Waals surface area contributed by atoms with Crippen LogP contribution in [0.15, 0.2) is 6.33 Å². The van der Waals surface area contributed by atoms with Gasteiger partial charge in [-0.15, -0.1) is 0 Å². The summed E-state index contributed by atoms with van der Waals surface area (Å²) in [6.45, 7) is 3.84. The van der Waals surface area contributed by atoms with Crippen molar-refractivity contribution < 1.29 is 0 Å². The van der Waals surface area contributed by atoms with Crippen molar-refractivity contribution in [2.75, 3.05) is 6.54 Å². The number of H-pyrrole nitrogens is 1. The predicted molar refractivity (Wildman–Crippen MR) is 57.6 cm³/mol. The molecule has 2 aromatic heterocycles. The maximum Gasteiger partial charge on any atom is 0.197 e. The molecule has 1 aliphatic heterocycles. The van der Waals surface area contributed by atoms with Gasteiger partial charge in [-0.3, -0.25) is 5.10 Å². The number of aryl methyl sites for hydroxylation is 1. The molecule has 3 heterocycles. The van der Waals surface area contributed by atoms with Gasteiger partial charge >= 0.3 is 0 Å². The monoisotopic (exact) mass is 216 g/mol. The molecule has 6 nitrogen and oxygen atoms in total. The van der Waals surface area contributed by atoms with Crippen LogP contribution in [0.1, 0.15) is 17.0 Å². The van der Waals surface area contributed by atoms with Gasteiger partial charge in [0, 0.05) is 30.8 Å². The summed E-state index contributed by atoms with van der Waals surface area (Å²) in [7, 11) is 0. The Kier molecular flexibility index (Phi) is 2.14. The van der Waals surface area contributed by atoms with E-state index >= 15 is 0 Å². The van der Waals surface area contributed by atoms with Crippen LogP contribution in [0.25, 0.3) is 11.6 Å². The zero-order chi connectivity index (χ0) is 11.0. The van der Waals surface area contributed by atoms with E-state index in [0.29, 0.717) is 11.6 Å². The molecule has 3 rings (SSSR count). The van der Waals surface area contributed by atoms with Crippen molar-refractivity contribution in [1.82, 2.24) is 30.5 Å². The summed E-state index contributed by atoms with van der Waals surface area (Å²) in [5.41, 5.74) is 3.36. The Morgan fingerprint density at radius 1 is 1.31 bits per heavy atom. The van der Waals surface area contributed by atoms with Crippen molar-refractivity contribution in [2.45, 2.75) is 19.9 Å². The van der Waals surface area contributed by atoms with Crippen molar-refractivity contribution >= 4 is 0 Å². The van der Waals surface area contributed by atoms with E-state index in [1.54, 1.807) is 0 Å². The minimum atomic E-state index is 0.629. The van der Waals surface area contributed by atoms with E-state index in [-0.39, 0.29) is 0 Å². The molecule has 0 spiro atoms. The van der Waals surface area contributed by atoms with Crippen LogP contribution in [0.5, 0.6) is 0 Å². The zero-order valence-electron chi connectivity index (χ0n) is 8.99. The van der Waals surface area contributed by atoms with Gasteiger partial charge in [-0.05, 0) is 6.92 Å². The lowest BCUT2D eigenvalue weighted by atomic mass is 10.1. The third-order valence-corrected chi connectivity index (χ3v) is 2.77. The first-order valence-corrected chi connectivity index (χ1v) is 5.27. The fourth-order valence-corrected chi connectivity index (χ4v) is 1.93. The lowest BCUT2D eigenvalue weighted by Gasteiger charge is -2.18. The third-order valence-electron chi connectivity index (χ3n) is 2.77. The molecule has 1 aliphatic rings. The molecule has 2 N–H and O–H groups in total. The third kappa shape index (κ3) is 1.47. The van der Waals surface area contributed by atoms with Gasteiger partial charge in [0.05, 0.1) is 5.69 Å². The van der Waals surface area contributed by atoms with Gasteiger partial charge in [-0.1, -0.05) is 0 Å². The van der Waals surface area contributed by atoms with E-state index in [2.05, 4.69) is 30.5 Å². The van der Waals surface area contributed by atoms with Crippen LogP contribution in [-0.2, 0) is 13.0 Å². The molecule has 0 bridgehead atoms. The molecule has 0 radical (unpaired) electrons. The average Bonchev–Trinajstić information content (AvgIpc) is 2.82. The second-order valence-corrected chi connectivity index (χ2v) is 3.82. The van der Waals surface area contributed by atoms with Crippen LogP contribution in [0.4, 0.5) is 0 Å². The van der Waals surface area contributed by atoms with Crippen molar-refractivity contribution in [2.24, 2.45) is 0 Å². The van der Waals surface area contributed by atoms with E-state index < -0.39 is 0 Å². The Morgan fingerprint density at radius 3 is 3.06 bits per heavy atom. The summed E-state index contributed by atoms with van der Waals surface area (Å²) in [5, 5.41) is 9.92. The first kappa shape index (κ1) is 9.41.